The zero-order valence-electron chi connectivity index (χ0n) is 11.2. The van der Waals surface area contributed by atoms with E-state index >= 15 is 0 Å². The third kappa shape index (κ3) is 2.81. The van der Waals surface area contributed by atoms with Crippen LogP contribution in [0.3, 0.4) is 0 Å². The largest absolute Gasteiger partial charge is 0.495 e. The van der Waals surface area contributed by atoms with Gasteiger partial charge >= 0.3 is 0 Å². The Bertz CT molecular complexity index is 411. The number of benzene rings is 1. The predicted molar refractivity (Wildman–Crippen MR) is 79.6 cm³/mol. The number of hydrogen-bond acceptors (Lipinski definition) is 3. The first-order valence-corrected chi connectivity index (χ1v) is 7.28. The number of hydrogen-bond donors (Lipinski definition) is 1. The summed E-state index contributed by atoms with van der Waals surface area (Å²) >= 11 is 3.50. The summed E-state index contributed by atoms with van der Waals surface area (Å²) in [6.45, 7) is 6.57. The minimum absolute atomic E-state index is 0.530. The maximum atomic E-state index is 5.38. The Morgan fingerprint density at radius 3 is 2.94 bits per heavy atom. The molecule has 0 bridgehead atoms. The van der Waals surface area contributed by atoms with Crippen LogP contribution in [0.1, 0.15) is 20.3 Å². The lowest BCUT2D eigenvalue weighted by molar-refractivity contribution is 0.398. The van der Waals surface area contributed by atoms with Gasteiger partial charge in [0, 0.05) is 36.9 Å². The number of piperazine rings is 1. The number of halogens is 1. The van der Waals surface area contributed by atoms with E-state index in [0.717, 1.165) is 29.7 Å². The number of nitrogens with one attached hydrogen (secondary N) is 1. The summed E-state index contributed by atoms with van der Waals surface area (Å²) in [7, 11) is 1.71. The molecule has 2 atom stereocenters. The zero-order valence-corrected chi connectivity index (χ0v) is 12.8. The van der Waals surface area contributed by atoms with Crippen molar-refractivity contribution in [2.45, 2.75) is 32.4 Å². The predicted octanol–water partition coefficient (Wildman–Crippen LogP) is 3.03. The van der Waals surface area contributed by atoms with Crippen LogP contribution in [0, 0.1) is 0 Å². The van der Waals surface area contributed by atoms with E-state index in [4.69, 9.17) is 4.74 Å². The van der Waals surface area contributed by atoms with Gasteiger partial charge in [-0.3, -0.25) is 0 Å². The molecule has 1 N–H and O–H groups in total. The van der Waals surface area contributed by atoms with Crippen molar-refractivity contribution in [2.75, 3.05) is 25.1 Å². The van der Waals surface area contributed by atoms with Crippen LogP contribution < -0.4 is 15.0 Å². The average Bonchev–Trinajstić information content (AvgIpc) is 2.39. The molecule has 1 aromatic carbocycles. The van der Waals surface area contributed by atoms with Crippen molar-refractivity contribution >= 4 is 21.6 Å². The van der Waals surface area contributed by atoms with Gasteiger partial charge in [0.25, 0.3) is 0 Å². The number of anilines is 1. The second-order valence-electron chi connectivity index (χ2n) is 4.84. The first kappa shape index (κ1) is 13.7. The van der Waals surface area contributed by atoms with E-state index < -0.39 is 0 Å². The van der Waals surface area contributed by atoms with E-state index in [1.54, 1.807) is 7.11 Å². The summed E-state index contributed by atoms with van der Waals surface area (Å²) in [6.07, 6.45) is 1.15. The maximum absolute atomic E-state index is 5.38. The molecule has 0 radical (unpaired) electrons. The van der Waals surface area contributed by atoms with E-state index in [1.165, 1.54) is 5.69 Å². The van der Waals surface area contributed by atoms with Crippen LogP contribution in [0.15, 0.2) is 22.7 Å². The van der Waals surface area contributed by atoms with Crippen molar-refractivity contribution in [1.82, 2.24) is 5.32 Å². The summed E-state index contributed by atoms with van der Waals surface area (Å²) in [5.74, 6) is 0.897. The second kappa shape index (κ2) is 5.93. The van der Waals surface area contributed by atoms with Gasteiger partial charge in [0.15, 0.2) is 0 Å². The third-order valence-electron chi connectivity index (χ3n) is 3.55. The Kier molecular flexibility index (Phi) is 4.51. The smallest absolute Gasteiger partial charge is 0.135 e. The van der Waals surface area contributed by atoms with Crippen molar-refractivity contribution in [2.24, 2.45) is 0 Å². The van der Waals surface area contributed by atoms with Crippen molar-refractivity contribution in [3.8, 4) is 5.75 Å². The van der Waals surface area contributed by atoms with Gasteiger partial charge in [0.05, 0.1) is 11.6 Å². The van der Waals surface area contributed by atoms with E-state index in [9.17, 15) is 0 Å². The normalized spacial score (nSPS) is 24.1. The molecule has 1 heterocycles. The number of rotatable bonds is 3. The molecular formula is C14H21BrN2O. The van der Waals surface area contributed by atoms with Crippen molar-refractivity contribution in [1.29, 1.82) is 0 Å². The molecule has 1 saturated heterocycles. The number of ether oxygens (including phenoxy) is 1. The minimum atomic E-state index is 0.530. The van der Waals surface area contributed by atoms with Gasteiger partial charge < -0.3 is 15.0 Å². The van der Waals surface area contributed by atoms with Gasteiger partial charge in [0.2, 0.25) is 0 Å². The van der Waals surface area contributed by atoms with Crippen LogP contribution in [0.25, 0.3) is 0 Å². The molecule has 100 valence electrons. The summed E-state index contributed by atoms with van der Waals surface area (Å²) in [5, 5.41) is 3.54. The lowest BCUT2D eigenvalue weighted by Gasteiger charge is -2.40. The molecule has 1 aliphatic heterocycles. The Morgan fingerprint density at radius 2 is 2.28 bits per heavy atom. The van der Waals surface area contributed by atoms with E-state index in [-0.39, 0.29) is 0 Å². The quantitative estimate of drug-likeness (QED) is 0.928. The Balaban J connectivity index is 2.27. The zero-order chi connectivity index (χ0) is 13.1. The van der Waals surface area contributed by atoms with Gasteiger partial charge in [-0.25, -0.2) is 0 Å². The molecule has 0 aromatic heterocycles. The molecule has 3 nitrogen and oxygen atoms in total. The molecule has 1 aromatic rings. The van der Waals surface area contributed by atoms with Crippen LogP contribution >= 0.6 is 15.9 Å². The molecule has 0 amide bonds. The summed E-state index contributed by atoms with van der Waals surface area (Å²) in [4.78, 5) is 2.48. The Hall–Kier alpha value is -0.740. The standard InChI is InChI=1S/C14H21BrN2O/c1-4-11-8-16-10(2)9-17(11)12-5-6-13(15)14(7-12)18-3/h5-7,10-11,16H,4,8-9H2,1-3H3. The van der Waals surface area contributed by atoms with Crippen LogP contribution in [-0.4, -0.2) is 32.3 Å². The van der Waals surface area contributed by atoms with E-state index in [0.29, 0.717) is 12.1 Å². The second-order valence-corrected chi connectivity index (χ2v) is 5.70. The number of methoxy groups -OCH3 is 1. The molecule has 1 aliphatic rings. The lowest BCUT2D eigenvalue weighted by Crippen LogP contribution is -2.55. The van der Waals surface area contributed by atoms with Gasteiger partial charge in [-0.1, -0.05) is 6.92 Å². The summed E-state index contributed by atoms with van der Waals surface area (Å²) < 4.78 is 6.39. The Morgan fingerprint density at radius 1 is 1.50 bits per heavy atom. The highest BCUT2D eigenvalue weighted by Gasteiger charge is 2.25. The highest BCUT2D eigenvalue weighted by Crippen LogP contribution is 2.31. The van der Waals surface area contributed by atoms with E-state index in [2.05, 4.69) is 58.2 Å². The minimum Gasteiger partial charge on any atom is -0.495 e. The van der Waals surface area contributed by atoms with Gasteiger partial charge in [-0.15, -0.1) is 0 Å². The molecule has 1 fully saturated rings. The SMILES string of the molecule is CCC1CNC(C)CN1c1ccc(Br)c(OC)c1. The Labute approximate surface area is 118 Å². The molecule has 18 heavy (non-hydrogen) atoms. The first-order valence-electron chi connectivity index (χ1n) is 6.49. The van der Waals surface area contributed by atoms with Crippen LogP contribution in [0.5, 0.6) is 5.75 Å². The maximum Gasteiger partial charge on any atom is 0.135 e. The van der Waals surface area contributed by atoms with Crippen LogP contribution in [0.2, 0.25) is 0 Å². The van der Waals surface area contributed by atoms with Gasteiger partial charge in [-0.05, 0) is 41.4 Å². The first-order chi connectivity index (χ1) is 8.65. The molecule has 2 unspecified atom stereocenters. The van der Waals surface area contributed by atoms with Crippen molar-refractivity contribution in [3.05, 3.63) is 22.7 Å². The fourth-order valence-electron chi connectivity index (χ4n) is 2.46. The fraction of sp³-hybridized carbons (Fsp3) is 0.571. The van der Waals surface area contributed by atoms with Crippen molar-refractivity contribution in [3.63, 3.8) is 0 Å². The third-order valence-corrected chi connectivity index (χ3v) is 4.21. The molecule has 0 aliphatic carbocycles. The highest BCUT2D eigenvalue weighted by atomic mass is 79.9. The molecule has 4 heteroatoms. The number of nitrogens with zero attached hydrogens (tertiary/aromatic N) is 1. The average molecular weight is 313 g/mol. The van der Waals surface area contributed by atoms with Gasteiger partial charge in [0.1, 0.15) is 5.75 Å². The van der Waals surface area contributed by atoms with Crippen molar-refractivity contribution < 1.29 is 4.74 Å². The van der Waals surface area contributed by atoms with E-state index in [1.807, 2.05) is 0 Å². The fourth-order valence-corrected chi connectivity index (χ4v) is 2.87. The summed E-state index contributed by atoms with van der Waals surface area (Å²) in [5.41, 5.74) is 1.25. The van der Waals surface area contributed by atoms with Gasteiger partial charge in [-0.2, -0.15) is 0 Å². The molecular weight excluding hydrogens is 292 g/mol. The molecule has 0 saturated carbocycles. The monoisotopic (exact) mass is 312 g/mol. The molecule has 2 rings (SSSR count). The topological polar surface area (TPSA) is 24.5 Å². The van der Waals surface area contributed by atoms with Crippen LogP contribution in [-0.2, 0) is 0 Å². The lowest BCUT2D eigenvalue weighted by atomic mass is 10.1. The highest BCUT2D eigenvalue weighted by molar-refractivity contribution is 9.10. The summed E-state index contributed by atoms with van der Waals surface area (Å²) in [6, 6.07) is 7.43. The molecule has 0 spiro atoms. The van der Waals surface area contributed by atoms with Crippen LogP contribution in [0.4, 0.5) is 5.69 Å².